The van der Waals surface area contributed by atoms with Crippen molar-refractivity contribution in [3.8, 4) is 0 Å². The van der Waals surface area contributed by atoms with E-state index >= 15 is 4.39 Å². The minimum Gasteiger partial charge on any atom is -0.383 e. The molecule has 0 amide bonds. The Morgan fingerprint density at radius 3 is 2.71 bits per heavy atom. The van der Waals surface area contributed by atoms with Gasteiger partial charge in [-0.3, -0.25) is 9.62 Å². The molecule has 1 fully saturated rings. The van der Waals surface area contributed by atoms with Gasteiger partial charge in [0.2, 0.25) is 10.0 Å². The molecule has 3 heterocycles. The van der Waals surface area contributed by atoms with E-state index in [1.54, 1.807) is 13.1 Å². The molecule has 2 aliphatic heterocycles. The molecule has 1 atom stereocenters. The van der Waals surface area contributed by atoms with Crippen LogP contribution in [0.5, 0.6) is 0 Å². The van der Waals surface area contributed by atoms with Gasteiger partial charge in [-0.1, -0.05) is 6.92 Å². The predicted molar refractivity (Wildman–Crippen MR) is 136 cm³/mol. The van der Waals surface area contributed by atoms with Gasteiger partial charge in [0.25, 0.3) is 0 Å². The Labute approximate surface area is 206 Å². The van der Waals surface area contributed by atoms with Crippen molar-refractivity contribution < 1.29 is 17.2 Å². The first-order valence-corrected chi connectivity index (χ1v) is 13.8. The molecule has 1 unspecified atom stereocenters. The molecule has 2 aromatic rings. The third-order valence-corrected chi connectivity index (χ3v) is 8.08. The van der Waals surface area contributed by atoms with E-state index in [1.165, 1.54) is 0 Å². The number of benzene rings is 1. The average molecular weight is 509 g/mol. The summed E-state index contributed by atoms with van der Waals surface area (Å²) in [6, 6.07) is 4.23. The predicted octanol–water partition coefficient (Wildman–Crippen LogP) is 2.92. The second-order valence-corrected chi connectivity index (χ2v) is 11.2. The third-order valence-electron chi connectivity index (χ3n) is 6.60. The van der Waals surface area contributed by atoms with Crippen molar-refractivity contribution >= 4 is 27.2 Å². The first-order valence-electron chi connectivity index (χ1n) is 12.1. The molecule has 3 N–H and O–H groups in total. The fourth-order valence-electron chi connectivity index (χ4n) is 4.58. The number of nitrogens with zero attached hydrogens (tertiary/aromatic N) is 3. The number of piperazine rings is 1. The van der Waals surface area contributed by atoms with Crippen LogP contribution in [0.25, 0.3) is 0 Å². The minimum atomic E-state index is -3.69. The maximum atomic E-state index is 15.2. The van der Waals surface area contributed by atoms with Gasteiger partial charge in [-0.15, -0.1) is 0 Å². The Morgan fingerprint density at radius 1 is 1.20 bits per heavy atom. The van der Waals surface area contributed by atoms with Crippen LogP contribution in [0.2, 0.25) is 0 Å². The summed E-state index contributed by atoms with van der Waals surface area (Å²) >= 11 is 0. The van der Waals surface area contributed by atoms with Gasteiger partial charge in [0.05, 0.1) is 23.3 Å². The summed E-state index contributed by atoms with van der Waals surface area (Å²) in [4.78, 5) is 9.23. The summed E-state index contributed by atoms with van der Waals surface area (Å²) < 4.78 is 56.2. The highest BCUT2D eigenvalue weighted by Crippen LogP contribution is 2.36. The highest BCUT2D eigenvalue weighted by atomic mass is 32.2. The van der Waals surface area contributed by atoms with Crippen molar-refractivity contribution in [1.82, 2.24) is 14.8 Å². The Morgan fingerprint density at radius 2 is 1.97 bits per heavy atom. The zero-order valence-corrected chi connectivity index (χ0v) is 21.1. The van der Waals surface area contributed by atoms with Crippen LogP contribution in [-0.2, 0) is 16.4 Å². The van der Waals surface area contributed by atoms with Gasteiger partial charge < -0.3 is 15.5 Å². The van der Waals surface area contributed by atoms with Crippen molar-refractivity contribution in [1.29, 1.82) is 0 Å². The van der Waals surface area contributed by atoms with Crippen LogP contribution < -0.4 is 15.4 Å². The maximum Gasteiger partial charge on any atom is 0.232 e. The molecule has 1 saturated heterocycles. The van der Waals surface area contributed by atoms with Gasteiger partial charge >= 0.3 is 0 Å². The molecular weight excluding hydrogens is 474 g/mol. The van der Waals surface area contributed by atoms with Gasteiger partial charge in [-0.2, -0.15) is 0 Å². The molecule has 4 rings (SSSR count). The molecule has 0 saturated carbocycles. The summed E-state index contributed by atoms with van der Waals surface area (Å²) in [6.45, 7) is 8.19. The van der Waals surface area contributed by atoms with Crippen molar-refractivity contribution in [3.05, 3.63) is 47.2 Å². The molecule has 1 aromatic carbocycles. The lowest BCUT2D eigenvalue weighted by atomic mass is 9.93. The standard InChI is InChI=1S/C24H34F2N6O2S/c1-3-12-35(33,34)30-22-5-4-21(25)20(23(22)26)13-17-15-28-24-19(17)14-18(16-29-24)27-6-7-32-10-8-31(2)9-11-32/h4-5,14,16-17,27,30H,3,6-13,15H2,1-2H3,(H,28,29). The molecular formula is C24H34F2N6O2S. The number of aromatic nitrogens is 1. The highest BCUT2D eigenvalue weighted by Gasteiger charge is 2.27. The quantitative estimate of drug-likeness (QED) is 0.455. The molecule has 2 aliphatic rings. The van der Waals surface area contributed by atoms with E-state index in [1.807, 2.05) is 6.07 Å². The maximum absolute atomic E-state index is 15.2. The van der Waals surface area contributed by atoms with Gasteiger partial charge in [-0.05, 0) is 38.1 Å². The zero-order valence-electron chi connectivity index (χ0n) is 20.3. The number of fused-ring (bicyclic) bond motifs is 1. The highest BCUT2D eigenvalue weighted by molar-refractivity contribution is 7.92. The number of hydrogen-bond donors (Lipinski definition) is 3. The number of anilines is 3. The second-order valence-electron chi connectivity index (χ2n) is 9.32. The van der Waals surface area contributed by atoms with Crippen molar-refractivity contribution in [2.45, 2.75) is 25.7 Å². The Bertz CT molecular complexity index is 1140. The van der Waals surface area contributed by atoms with E-state index in [0.717, 1.165) is 62.7 Å². The summed E-state index contributed by atoms with van der Waals surface area (Å²) in [5.41, 5.74) is 1.41. The lowest BCUT2D eigenvalue weighted by molar-refractivity contribution is 0.158. The van der Waals surface area contributed by atoms with Crippen LogP contribution in [0, 0.1) is 11.6 Å². The number of hydrogen-bond acceptors (Lipinski definition) is 7. The first-order chi connectivity index (χ1) is 16.8. The van der Waals surface area contributed by atoms with Gasteiger partial charge in [-0.25, -0.2) is 22.2 Å². The number of sulfonamides is 1. The number of pyridine rings is 1. The van der Waals surface area contributed by atoms with E-state index < -0.39 is 21.7 Å². The molecule has 0 spiro atoms. The van der Waals surface area contributed by atoms with Crippen LogP contribution in [0.15, 0.2) is 24.4 Å². The van der Waals surface area contributed by atoms with Crippen molar-refractivity contribution in [3.63, 3.8) is 0 Å². The summed E-state index contributed by atoms with van der Waals surface area (Å²) in [7, 11) is -1.55. The molecule has 0 aliphatic carbocycles. The Hall–Kier alpha value is -2.50. The molecule has 1 aromatic heterocycles. The van der Waals surface area contributed by atoms with Crippen molar-refractivity contribution in [2.24, 2.45) is 0 Å². The first kappa shape index (κ1) is 25.6. The van der Waals surface area contributed by atoms with E-state index in [0.29, 0.717) is 18.8 Å². The van der Waals surface area contributed by atoms with Crippen LogP contribution in [0.3, 0.4) is 0 Å². The van der Waals surface area contributed by atoms with Crippen LogP contribution in [0.1, 0.15) is 30.4 Å². The van der Waals surface area contributed by atoms with E-state index in [2.05, 4.69) is 37.2 Å². The molecule has 11 heteroatoms. The number of likely N-dealkylation sites (N-methyl/N-ethyl adjacent to an activating group) is 1. The number of rotatable bonds is 10. The van der Waals surface area contributed by atoms with Crippen LogP contribution in [0.4, 0.5) is 26.0 Å². The third kappa shape index (κ3) is 6.39. The molecule has 8 nitrogen and oxygen atoms in total. The monoisotopic (exact) mass is 508 g/mol. The van der Waals surface area contributed by atoms with E-state index in [4.69, 9.17) is 0 Å². The lowest BCUT2D eigenvalue weighted by Gasteiger charge is -2.32. The normalized spacial score (nSPS) is 18.8. The Balaban J connectivity index is 1.43. The number of halogens is 2. The largest absolute Gasteiger partial charge is 0.383 e. The van der Waals surface area contributed by atoms with Gasteiger partial charge in [0, 0.05) is 62.9 Å². The van der Waals surface area contributed by atoms with Crippen LogP contribution in [-0.4, -0.2) is 81.8 Å². The van der Waals surface area contributed by atoms with Gasteiger partial charge in [0.15, 0.2) is 5.82 Å². The fraction of sp³-hybridized carbons (Fsp3) is 0.542. The lowest BCUT2D eigenvalue weighted by Crippen LogP contribution is -2.45. The van der Waals surface area contributed by atoms with Crippen molar-refractivity contribution in [2.75, 3.05) is 74.0 Å². The summed E-state index contributed by atoms with van der Waals surface area (Å²) in [5.74, 6) is -1.17. The number of nitrogens with one attached hydrogen (secondary N) is 3. The minimum absolute atomic E-state index is 0.0907. The topological polar surface area (TPSA) is 89.6 Å². The smallest absolute Gasteiger partial charge is 0.232 e. The SMILES string of the molecule is CCCS(=O)(=O)Nc1ccc(F)c(CC2CNc3ncc(NCCN4CCN(C)CC4)cc32)c1F. The molecule has 0 bridgehead atoms. The molecule has 0 radical (unpaired) electrons. The second kappa shape index (κ2) is 11.0. The Kier molecular flexibility index (Phi) is 8.08. The summed E-state index contributed by atoms with van der Waals surface area (Å²) in [5, 5.41) is 6.63. The molecule has 192 valence electrons. The molecule has 35 heavy (non-hydrogen) atoms. The summed E-state index contributed by atoms with van der Waals surface area (Å²) in [6.07, 6.45) is 2.25. The average Bonchev–Trinajstić information content (AvgIpc) is 3.22. The van der Waals surface area contributed by atoms with Gasteiger partial charge in [0.1, 0.15) is 11.6 Å². The van der Waals surface area contributed by atoms with E-state index in [-0.39, 0.29) is 29.3 Å². The fourth-order valence-corrected chi connectivity index (χ4v) is 5.71. The van der Waals surface area contributed by atoms with Crippen LogP contribution >= 0.6 is 0 Å². The van der Waals surface area contributed by atoms with E-state index in [9.17, 15) is 12.8 Å². The zero-order chi connectivity index (χ0) is 25.0.